The lowest BCUT2D eigenvalue weighted by Crippen LogP contribution is -2.31. The van der Waals surface area contributed by atoms with Gasteiger partial charge in [0.25, 0.3) is 5.24 Å². The number of carbonyl (C=O) groups is 2. The fourth-order valence-corrected chi connectivity index (χ4v) is 2.35. The predicted octanol–water partition coefficient (Wildman–Crippen LogP) is 3.61. The van der Waals surface area contributed by atoms with Gasteiger partial charge in [-0.1, -0.05) is 24.3 Å². The summed E-state index contributed by atoms with van der Waals surface area (Å²) in [5.41, 5.74) is 1.79. The van der Waals surface area contributed by atoms with E-state index in [0.29, 0.717) is 13.1 Å². The Kier molecular flexibility index (Phi) is 7.29. The summed E-state index contributed by atoms with van der Waals surface area (Å²) in [5.74, 6) is 1.46. The monoisotopic (exact) mass is 377 g/mol. The maximum absolute atomic E-state index is 12.3. The highest BCUT2D eigenvalue weighted by atomic mass is 35.5. The van der Waals surface area contributed by atoms with Crippen LogP contribution in [0.2, 0.25) is 0 Å². The van der Waals surface area contributed by atoms with Crippen molar-refractivity contribution < 1.29 is 23.8 Å². The first kappa shape index (κ1) is 19.6. The number of rotatable bonds is 8. The van der Waals surface area contributed by atoms with E-state index in [0.717, 1.165) is 22.6 Å². The number of halogens is 1. The molecule has 2 rings (SSSR count). The molecule has 2 aromatic carbocycles. The molecule has 0 aliphatic rings. The van der Waals surface area contributed by atoms with Gasteiger partial charge in [0.05, 0.1) is 14.2 Å². The van der Waals surface area contributed by atoms with Crippen LogP contribution in [0.1, 0.15) is 11.1 Å². The van der Waals surface area contributed by atoms with Gasteiger partial charge in [0.1, 0.15) is 11.5 Å². The molecule has 7 heteroatoms. The molecule has 0 aliphatic heterocycles. The molecule has 6 nitrogen and oxygen atoms in total. The number of nitrogens with zero attached hydrogens (tertiary/aromatic N) is 1. The summed E-state index contributed by atoms with van der Waals surface area (Å²) in [6.07, 6.45) is -0.620. The Balaban J connectivity index is 2.13. The average Bonchev–Trinajstić information content (AvgIpc) is 2.66. The van der Waals surface area contributed by atoms with Crippen LogP contribution in [0.3, 0.4) is 0 Å². The number of carbonyl (C=O) groups excluding carboxylic acids is 2. The number of hydrogen-bond donors (Lipinski definition) is 0. The first-order valence-electron chi connectivity index (χ1n) is 7.87. The van der Waals surface area contributed by atoms with Crippen molar-refractivity contribution in [1.82, 2.24) is 4.90 Å². The van der Waals surface area contributed by atoms with E-state index in [1.807, 2.05) is 48.5 Å². The maximum atomic E-state index is 12.3. The van der Waals surface area contributed by atoms with Crippen molar-refractivity contribution in [2.24, 2.45) is 0 Å². The predicted molar refractivity (Wildman–Crippen MR) is 97.4 cm³/mol. The molecular weight excluding hydrogens is 358 g/mol. The van der Waals surface area contributed by atoms with Crippen molar-refractivity contribution in [3.8, 4) is 11.5 Å². The number of amides is 1. The Morgan fingerprint density at radius 3 is 1.62 bits per heavy atom. The molecule has 2 aromatic rings. The SMILES string of the molecule is COc1ccc(CN(Cc2ccc(OC)cc2)C(=O)OCC(=O)Cl)cc1. The van der Waals surface area contributed by atoms with Crippen molar-refractivity contribution in [3.05, 3.63) is 59.7 Å². The standard InChI is InChI=1S/C19H20ClNO5/c1-24-16-7-3-14(4-8-16)11-21(19(23)26-13-18(20)22)12-15-5-9-17(25-2)10-6-15/h3-10H,11-13H2,1-2H3. The highest BCUT2D eigenvalue weighted by Crippen LogP contribution is 2.17. The topological polar surface area (TPSA) is 65.1 Å². The summed E-state index contributed by atoms with van der Waals surface area (Å²) in [4.78, 5) is 24.7. The van der Waals surface area contributed by atoms with Crippen molar-refractivity contribution >= 4 is 22.9 Å². The minimum atomic E-state index is -0.729. The van der Waals surface area contributed by atoms with Crippen molar-refractivity contribution in [2.45, 2.75) is 13.1 Å². The molecule has 138 valence electrons. The van der Waals surface area contributed by atoms with Crippen molar-refractivity contribution in [3.63, 3.8) is 0 Å². The quantitative estimate of drug-likeness (QED) is 0.657. The van der Waals surface area contributed by atoms with E-state index < -0.39 is 17.9 Å². The summed E-state index contributed by atoms with van der Waals surface area (Å²) < 4.78 is 15.2. The Hall–Kier alpha value is -2.73. The highest BCUT2D eigenvalue weighted by Gasteiger charge is 2.17. The van der Waals surface area contributed by atoms with Gasteiger partial charge in [-0.3, -0.25) is 9.69 Å². The van der Waals surface area contributed by atoms with Crippen LogP contribution in [-0.4, -0.2) is 37.1 Å². The normalized spacial score (nSPS) is 10.1. The molecule has 0 heterocycles. The van der Waals surface area contributed by atoms with Gasteiger partial charge < -0.3 is 14.2 Å². The lowest BCUT2D eigenvalue weighted by Gasteiger charge is -2.22. The molecule has 0 spiro atoms. The third-order valence-electron chi connectivity index (χ3n) is 3.63. The Bertz CT molecular complexity index is 681. The van der Waals surface area contributed by atoms with E-state index in [9.17, 15) is 9.59 Å². The van der Waals surface area contributed by atoms with Crippen LogP contribution in [-0.2, 0) is 22.6 Å². The second kappa shape index (κ2) is 9.68. The smallest absolute Gasteiger partial charge is 0.410 e. The molecule has 0 aromatic heterocycles. The second-order valence-corrected chi connectivity index (χ2v) is 5.88. The summed E-state index contributed by atoms with van der Waals surface area (Å²) in [6, 6.07) is 14.7. The fraction of sp³-hybridized carbons (Fsp3) is 0.263. The largest absolute Gasteiger partial charge is 0.497 e. The van der Waals surface area contributed by atoms with Crippen LogP contribution < -0.4 is 9.47 Å². The molecule has 1 amide bonds. The molecule has 0 N–H and O–H groups in total. The Morgan fingerprint density at radius 2 is 1.27 bits per heavy atom. The van der Waals surface area contributed by atoms with Crippen LogP contribution in [0, 0.1) is 0 Å². The molecule has 0 saturated carbocycles. The van der Waals surface area contributed by atoms with Crippen LogP contribution in [0.15, 0.2) is 48.5 Å². The Morgan fingerprint density at radius 1 is 0.846 bits per heavy atom. The van der Waals surface area contributed by atoms with E-state index >= 15 is 0 Å². The van der Waals surface area contributed by atoms with E-state index in [4.69, 9.17) is 25.8 Å². The van der Waals surface area contributed by atoms with E-state index in [1.165, 1.54) is 4.90 Å². The van der Waals surface area contributed by atoms with Crippen LogP contribution >= 0.6 is 11.6 Å². The minimum Gasteiger partial charge on any atom is -0.497 e. The zero-order valence-corrected chi connectivity index (χ0v) is 15.4. The van der Waals surface area contributed by atoms with Gasteiger partial charge in [-0.2, -0.15) is 0 Å². The first-order chi connectivity index (χ1) is 12.5. The molecule has 0 aliphatic carbocycles. The molecule has 0 atom stereocenters. The van der Waals surface area contributed by atoms with Gasteiger partial charge in [-0.15, -0.1) is 0 Å². The van der Waals surface area contributed by atoms with Gasteiger partial charge in [0.2, 0.25) is 0 Å². The fourth-order valence-electron chi connectivity index (χ4n) is 2.30. The zero-order valence-electron chi connectivity index (χ0n) is 14.6. The molecule has 0 unspecified atom stereocenters. The van der Waals surface area contributed by atoms with Gasteiger partial charge in [-0.25, -0.2) is 4.79 Å². The van der Waals surface area contributed by atoms with Crippen LogP contribution in [0.5, 0.6) is 11.5 Å². The van der Waals surface area contributed by atoms with Gasteiger partial charge >= 0.3 is 6.09 Å². The van der Waals surface area contributed by atoms with Crippen LogP contribution in [0.25, 0.3) is 0 Å². The third kappa shape index (κ3) is 5.97. The molecule has 0 bridgehead atoms. The number of hydrogen-bond acceptors (Lipinski definition) is 5. The zero-order chi connectivity index (χ0) is 18.9. The van der Waals surface area contributed by atoms with Crippen molar-refractivity contribution in [2.75, 3.05) is 20.8 Å². The molecule has 26 heavy (non-hydrogen) atoms. The molecule has 0 fully saturated rings. The lowest BCUT2D eigenvalue weighted by molar-refractivity contribution is -0.114. The summed E-state index contributed by atoms with van der Waals surface area (Å²) >= 11 is 5.25. The molecule has 0 radical (unpaired) electrons. The molecular formula is C19H20ClNO5. The number of methoxy groups -OCH3 is 2. The summed E-state index contributed by atoms with van der Waals surface area (Å²) in [5, 5.41) is -0.729. The van der Waals surface area contributed by atoms with Gasteiger partial charge in [0.15, 0.2) is 6.61 Å². The number of ether oxygens (including phenoxy) is 3. The average molecular weight is 378 g/mol. The highest BCUT2D eigenvalue weighted by molar-refractivity contribution is 6.64. The number of benzene rings is 2. The Labute approximate surface area is 157 Å². The maximum Gasteiger partial charge on any atom is 0.410 e. The van der Waals surface area contributed by atoms with Crippen LogP contribution in [0.4, 0.5) is 4.79 Å². The van der Waals surface area contributed by atoms with Gasteiger partial charge in [-0.05, 0) is 47.0 Å². The summed E-state index contributed by atoms with van der Waals surface area (Å²) in [7, 11) is 3.18. The minimum absolute atomic E-state index is 0.311. The van der Waals surface area contributed by atoms with E-state index in [1.54, 1.807) is 14.2 Å². The second-order valence-electron chi connectivity index (χ2n) is 5.46. The summed E-state index contributed by atoms with van der Waals surface area (Å²) in [6.45, 7) is 0.152. The van der Waals surface area contributed by atoms with Crippen molar-refractivity contribution in [1.29, 1.82) is 0 Å². The third-order valence-corrected chi connectivity index (χ3v) is 3.74. The molecule has 0 saturated heterocycles. The van der Waals surface area contributed by atoms with E-state index in [2.05, 4.69) is 0 Å². The lowest BCUT2D eigenvalue weighted by atomic mass is 10.1. The van der Waals surface area contributed by atoms with Gasteiger partial charge in [0, 0.05) is 13.1 Å². The van der Waals surface area contributed by atoms with E-state index in [-0.39, 0.29) is 0 Å². The first-order valence-corrected chi connectivity index (χ1v) is 8.25.